The van der Waals surface area contributed by atoms with Crippen molar-refractivity contribution >= 4 is 17.3 Å². The molecule has 0 amide bonds. The van der Waals surface area contributed by atoms with Gasteiger partial charge in [-0.3, -0.25) is 4.98 Å². The molecule has 1 unspecified atom stereocenters. The van der Waals surface area contributed by atoms with Crippen LogP contribution in [-0.4, -0.2) is 11.0 Å². The Balaban J connectivity index is 2.51. The average Bonchev–Trinajstić information content (AvgIpc) is 2.18. The van der Waals surface area contributed by atoms with Gasteiger partial charge in [0.05, 0.1) is 16.9 Å². The summed E-state index contributed by atoms with van der Waals surface area (Å²) < 4.78 is 0. The standard InChI is InChI=1S/C11H15ClN2/c1-3-4-5-9(2)14-11-8-13-7-6-10(11)12/h3,6-9,14H,1,4-5H2,2H3. The fraction of sp³-hybridized carbons (Fsp3) is 0.364. The lowest BCUT2D eigenvalue weighted by molar-refractivity contribution is 0.718. The van der Waals surface area contributed by atoms with E-state index in [-0.39, 0.29) is 0 Å². The zero-order chi connectivity index (χ0) is 10.4. The van der Waals surface area contributed by atoms with Crippen LogP contribution in [0.15, 0.2) is 31.1 Å². The van der Waals surface area contributed by atoms with Crippen molar-refractivity contribution in [3.8, 4) is 0 Å². The molecule has 1 rings (SSSR count). The minimum atomic E-state index is 0.384. The van der Waals surface area contributed by atoms with Gasteiger partial charge in [0, 0.05) is 12.2 Å². The lowest BCUT2D eigenvalue weighted by Crippen LogP contribution is -2.14. The van der Waals surface area contributed by atoms with Crippen molar-refractivity contribution in [1.82, 2.24) is 4.98 Å². The molecule has 0 fully saturated rings. The summed E-state index contributed by atoms with van der Waals surface area (Å²) in [5.41, 5.74) is 0.894. The zero-order valence-corrected chi connectivity index (χ0v) is 9.09. The van der Waals surface area contributed by atoms with Crippen molar-refractivity contribution in [1.29, 1.82) is 0 Å². The van der Waals surface area contributed by atoms with Crippen molar-refractivity contribution in [2.45, 2.75) is 25.8 Å². The molecule has 1 aromatic rings. The molecular weight excluding hydrogens is 196 g/mol. The Labute approximate surface area is 90.0 Å². The van der Waals surface area contributed by atoms with Gasteiger partial charge >= 0.3 is 0 Å². The van der Waals surface area contributed by atoms with Crippen LogP contribution in [0, 0.1) is 0 Å². The van der Waals surface area contributed by atoms with Gasteiger partial charge in [0.25, 0.3) is 0 Å². The number of pyridine rings is 1. The molecule has 0 bridgehead atoms. The Morgan fingerprint density at radius 3 is 3.14 bits per heavy atom. The average molecular weight is 211 g/mol. The second kappa shape index (κ2) is 5.66. The monoisotopic (exact) mass is 210 g/mol. The van der Waals surface area contributed by atoms with E-state index < -0.39 is 0 Å². The van der Waals surface area contributed by atoms with Gasteiger partial charge in [0.2, 0.25) is 0 Å². The Kier molecular flexibility index (Phi) is 4.47. The first-order valence-corrected chi connectivity index (χ1v) is 5.08. The molecule has 1 aromatic heterocycles. The van der Waals surface area contributed by atoms with E-state index >= 15 is 0 Å². The Hall–Kier alpha value is -1.02. The largest absolute Gasteiger partial charge is 0.380 e. The van der Waals surface area contributed by atoms with Gasteiger partial charge in [-0.1, -0.05) is 17.7 Å². The summed E-state index contributed by atoms with van der Waals surface area (Å²) in [7, 11) is 0. The number of rotatable bonds is 5. The molecule has 1 heterocycles. The molecule has 2 nitrogen and oxygen atoms in total. The van der Waals surface area contributed by atoms with Crippen LogP contribution >= 0.6 is 11.6 Å². The maximum Gasteiger partial charge on any atom is 0.0718 e. The molecule has 0 saturated carbocycles. The molecule has 0 saturated heterocycles. The summed E-state index contributed by atoms with van der Waals surface area (Å²) in [6, 6.07) is 2.17. The lowest BCUT2D eigenvalue weighted by atomic mass is 10.2. The molecule has 0 aliphatic carbocycles. The highest BCUT2D eigenvalue weighted by molar-refractivity contribution is 6.33. The van der Waals surface area contributed by atoms with Crippen LogP contribution in [0.25, 0.3) is 0 Å². The van der Waals surface area contributed by atoms with Crippen molar-refractivity contribution in [3.63, 3.8) is 0 Å². The summed E-state index contributed by atoms with van der Waals surface area (Å²) in [6.07, 6.45) is 7.40. The van der Waals surface area contributed by atoms with Crippen molar-refractivity contribution in [2.75, 3.05) is 5.32 Å². The van der Waals surface area contributed by atoms with E-state index in [9.17, 15) is 0 Å². The molecule has 1 atom stereocenters. The third-order valence-electron chi connectivity index (χ3n) is 1.97. The summed E-state index contributed by atoms with van der Waals surface area (Å²) in [4.78, 5) is 4.01. The van der Waals surface area contributed by atoms with E-state index in [2.05, 4.69) is 23.8 Å². The number of nitrogens with zero attached hydrogens (tertiary/aromatic N) is 1. The van der Waals surface area contributed by atoms with Crippen LogP contribution in [0.3, 0.4) is 0 Å². The SMILES string of the molecule is C=CCCC(C)Nc1cnccc1Cl. The maximum atomic E-state index is 5.98. The molecule has 0 aliphatic rings. The van der Waals surface area contributed by atoms with Gasteiger partial charge in [-0.25, -0.2) is 0 Å². The molecule has 0 aliphatic heterocycles. The molecule has 14 heavy (non-hydrogen) atoms. The van der Waals surface area contributed by atoms with Crippen molar-refractivity contribution < 1.29 is 0 Å². The highest BCUT2D eigenvalue weighted by Gasteiger charge is 2.03. The minimum absolute atomic E-state index is 0.384. The highest BCUT2D eigenvalue weighted by atomic mass is 35.5. The maximum absolute atomic E-state index is 5.98. The number of hydrogen-bond donors (Lipinski definition) is 1. The molecule has 0 aromatic carbocycles. The van der Waals surface area contributed by atoms with E-state index in [0.717, 1.165) is 18.5 Å². The number of aromatic nitrogens is 1. The van der Waals surface area contributed by atoms with Crippen LogP contribution in [0.1, 0.15) is 19.8 Å². The fourth-order valence-corrected chi connectivity index (χ4v) is 1.35. The first kappa shape index (κ1) is 11.1. The number of anilines is 1. The van der Waals surface area contributed by atoms with Crippen LogP contribution in [0.5, 0.6) is 0 Å². The third kappa shape index (κ3) is 3.38. The predicted molar refractivity (Wildman–Crippen MR) is 61.8 cm³/mol. The van der Waals surface area contributed by atoms with Gasteiger partial charge in [-0.2, -0.15) is 0 Å². The first-order valence-electron chi connectivity index (χ1n) is 4.71. The quantitative estimate of drug-likeness (QED) is 0.753. The Morgan fingerprint density at radius 1 is 1.71 bits per heavy atom. The molecule has 76 valence electrons. The van der Waals surface area contributed by atoms with E-state index in [1.54, 1.807) is 18.5 Å². The van der Waals surface area contributed by atoms with Gasteiger partial charge in [-0.05, 0) is 25.8 Å². The summed E-state index contributed by atoms with van der Waals surface area (Å²) in [5.74, 6) is 0. The molecular formula is C11H15ClN2. The van der Waals surface area contributed by atoms with Gasteiger partial charge < -0.3 is 5.32 Å². The van der Waals surface area contributed by atoms with Gasteiger partial charge in [0.15, 0.2) is 0 Å². The zero-order valence-electron chi connectivity index (χ0n) is 8.33. The highest BCUT2D eigenvalue weighted by Crippen LogP contribution is 2.20. The molecule has 3 heteroatoms. The van der Waals surface area contributed by atoms with E-state index in [1.807, 2.05) is 6.08 Å². The summed E-state index contributed by atoms with van der Waals surface area (Å²) >= 11 is 5.98. The Bertz CT molecular complexity index is 299. The summed E-state index contributed by atoms with van der Waals surface area (Å²) in [6.45, 7) is 5.81. The smallest absolute Gasteiger partial charge is 0.0718 e. The van der Waals surface area contributed by atoms with Crippen LogP contribution in [0.4, 0.5) is 5.69 Å². The molecule has 1 N–H and O–H groups in total. The van der Waals surface area contributed by atoms with Crippen LogP contribution in [-0.2, 0) is 0 Å². The molecule has 0 spiro atoms. The third-order valence-corrected chi connectivity index (χ3v) is 2.30. The van der Waals surface area contributed by atoms with Crippen LogP contribution < -0.4 is 5.32 Å². The molecule has 0 radical (unpaired) electrons. The second-order valence-corrected chi connectivity index (χ2v) is 3.67. The number of hydrogen-bond acceptors (Lipinski definition) is 2. The number of nitrogens with one attached hydrogen (secondary N) is 1. The first-order chi connectivity index (χ1) is 6.74. The topological polar surface area (TPSA) is 24.9 Å². The van der Waals surface area contributed by atoms with Gasteiger partial charge in [0.1, 0.15) is 0 Å². The fourth-order valence-electron chi connectivity index (χ4n) is 1.19. The number of halogens is 1. The van der Waals surface area contributed by atoms with Crippen molar-refractivity contribution in [3.05, 3.63) is 36.1 Å². The van der Waals surface area contributed by atoms with Gasteiger partial charge in [-0.15, -0.1) is 6.58 Å². The number of allylic oxidation sites excluding steroid dienone is 1. The van der Waals surface area contributed by atoms with E-state index in [1.165, 1.54) is 0 Å². The van der Waals surface area contributed by atoms with Crippen molar-refractivity contribution in [2.24, 2.45) is 0 Å². The van der Waals surface area contributed by atoms with E-state index in [0.29, 0.717) is 11.1 Å². The Morgan fingerprint density at radius 2 is 2.50 bits per heavy atom. The lowest BCUT2D eigenvalue weighted by Gasteiger charge is -2.14. The minimum Gasteiger partial charge on any atom is -0.380 e. The predicted octanol–water partition coefficient (Wildman–Crippen LogP) is 3.50. The van der Waals surface area contributed by atoms with E-state index in [4.69, 9.17) is 11.6 Å². The van der Waals surface area contributed by atoms with Crippen LogP contribution in [0.2, 0.25) is 5.02 Å². The normalized spacial score (nSPS) is 12.1. The second-order valence-electron chi connectivity index (χ2n) is 3.27. The summed E-state index contributed by atoms with van der Waals surface area (Å²) in [5, 5.41) is 4.02.